The number of aromatic hydroxyl groups is 1. The van der Waals surface area contributed by atoms with E-state index in [4.69, 9.17) is 4.74 Å². The lowest BCUT2D eigenvalue weighted by atomic mass is 9.99. The van der Waals surface area contributed by atoms with Gasteiger partial charge in [-0.2, -0.15) is 0 Å². The Hall–Kier alpha value is -2.36. The third kappa shape index (κ3) is 3.36. The Kier molecular flexibility index (Phi) is 4.07. The molecule has 1 N–H and O–H groups in total. The fourth-order valence-electron chi connectivity index (χ4n) is 2.72. The van der Waals surface area contributed by atoms with Gasteiger partial charge in [0, 0.05) is 30.5 Å². The molecule has 0 amide bonds. The maximum Gasteiger partial charge on any atom is 0.308 e. The van der Waals surface area contributed by atoms with E-state index in [0.717, 1.165) is 5.56 Å². The first-order valence-electron chi connectivity index (χ1n) is 7.74. The molecule has 2 aromatic carbocycles. The molecular formula is C19H19FO3. The topological polar surface area (TPSA) is 46.5 Å². The summed E-state index contributed by atoms with van der Waals surface area (Å²) in [5.41, 5.74) is 2.70. The van der Waals surface area contributed by atoms with Crippen molar-refractivity contribution in [1.82, 2.24) is 0 Å². The highest BCUT2D eigenvalue weighted by Gasteiger charge is 2.23. The van der Waals surface area contributed by atoms with Crippen molar-refractivity contribution < 1.29 is 19.0 Å². The van der Waals surface area contributed by atoms with Gasteiger partial charge in [-0.25, -0.2) is 4.39 Å². The average Bonchev–Trinajstić information content (AvgIpc) is 3.34. The highest BCUT2D eigenvalue weighted by molar-refractivity contribution is 5.70. The standard InChI is InChI=1S/C19H19FO3/c1-11-18(23-12(2)21)10-17(22)16(19(11)20)9-13-3-5-14(6-4-13)15-7-8-15/h3-6,10,15,22H,7-9H2,1-2H3. The molecule has 120 valence electrons. The Labute approximate surface area is 134 Å². The predicted molar refractivity (Wildman–Crippen MR) is 85.3 cm³/mol. The van der Waals surface area contributed by atoms with Crippen LogP contribution in [0, 0.1) is 12.7 Å². The van der Waals surface area contributed by atoms with Crippen LogP contribution in [0.1, 0.15) is 47.9 Å². The van der Waals surface area contributed by atoms with Crippen LogP contribution in [0.15, 0.2) is 30.3 Å². The van der Waals surface area contributed by atoms with Crippen LogP contribution in [0.4, 0.5) is 4.39 Å². The lowest BCUT2D eigenvalue weighted by Gasteiger charge is -2.13. The monoisotopic (exact) mass is 314 g/mol. The molecular weight excluding hydrogens is 295 g/mol. The van der Waals surface area contributed by atoms with Gasteiger partial charge in [0.2, 0.25) is 0 Å². The van der Waals surface area contributed by atoms with Gasteiger partial charge in [0.25, 0.3) is 0 Å². The number of rotatable bonds is 4. The van der Waals surface area contributed by atoms with Crippen molar-refractivity contribution in [3.8, 4) is 11.5 Å². The maximum atomic E-state index is 14.5. The Morgan fingerprint density at radius 2 is 1.96 bits per heavy atom. The summed E-state index contributed by atoms with van der Waals surface area (Å²) in [6.45, 7) is 2.77. The molecule has 3 rings (SSSR count). The van der Waals surface area contributed by atoms with E-state index in [1.165, 1.54) is 38.3 Å². The van der Waals surface area contributed by atoms with Gasteiger partial charge < -0.3 is 9.84 Å². The van der Waals surface area contributed by atoms with Gasteiger partial charge in [-0.15, -0.1) is 0 Å². The zero-order valence-corrected chi connectivity index (χ0v) is 13.2. The minimum Gasteiger partial charge on any atom is -0.507 e. The van der Waals surface area contributed by atoms with Crippen LogP contribution in [0.5, 0.6) is 11.5 Å². The van der Waals surface area contributed by atoms with E-state index in [1.54, 1.807) is 0 Å². The molecule has 1 aliphatic rings. The fraction of sp³-hybridized carbons (Fsp3) is 0.316. The van der Waals surface area contributed by atoms with E-state index in [2.05, 4.69) is 12.1 Å². The van der Waals surface area contributed by atoms with E-state index in [-0.39, 0.29) is 22.6 Å². The van der Waals surface area contributed by atoms with Gasteiger partial charge in [-0.3, -0.25) is 4.79 Å². The maximum absolute atomic E-state index is 14.5. The van der Waals surface area contributed by atoms with E-state index >= 15 is 0 Å². The molecule has 23 heavy (non-hydrogen) atoms. The molecule has 0 bridgehead atoms. The summed E-state index contributed by atoms with van der Waals surface area (Å²) in [6, 6.07) is 9.39. The van der Waals surface area contributed by atoms with Crippen molar-refractivity contribution in [2.45, 2.75) is 39.0 Å². The molecule has 0 spiro atoms. The number of esters is 1. The smallest absolute Gasteiger partial charge is 0.308 e. The fourth-order valence-corrected chi connectivity index (χ4v) is 2.72. The number of phenols is 1. The molecule has 1 aliphatic carbocycles. The summed E-state index contributed by atoms with van der Waals surface area (Å²) in [7, 11) is 0. The highest BCUT2D eigenvalue weighted by atomic mass is 19.1. The largest absolute Gasteiger partial charge is 0.507 e. The third-order valence-electron chi connectivity index (χ3n) is 4.20. The van der Waals surface area contributed by atoms with Gasteiger partial charge in [-0.05, 0) is 36.8 Å². The summed E-state index contributed by atoms with van der Waals surface area (Å²) in [5, 5.41) is 10.1. The van der Waals surface area contributed by atoms with Crippen molar-refractivity contribution in [3.63, 3.8) is 0 Å². The Morgan fingerprint density at radius 3 is 2.52 bits per heavy atom. The van der Waals surface area contributed by atoms with Crippen LogP contribution in [-0.4, -0.2) is 11.1 Å². The minimum absolute atomic E-state index is 0.0559. The van der Waals surface area contributed by atoms with Crippen molar-refractivity contribution >= 4 is 5.97 Å². The summed E-state index contributed by atoms with van der Waals surface area (Å²) in [5.74, 6) is -0.543. The molecule has 4 heteroatoms. The molecule has 0 saturated heterocycles. The van der Waals surface area contributed by atoms with Crippen molar-refractivity contribution in [1.29, 1.82) is 0 Å². The van der Waals surface area contributed by atoms with Gasteiger partial charge in [0.1, 0.15) is 17.3 Å². The number of halogens is 1. The van der Waals surface area contributed by atoms with E-state index in [1.807, 2.05) is 12.1 Å². The average molecular weight is 314 g/mol. The molecule has 0 aromatic heterocycles. The predicted octanol–water partition coefficient (Wildman–Crippen LogP) is 4.23. The number of carbonyl (C=O) groups excluding carboxylic acids is 1. The second-order valence-electron chi connectivity index (χ2n) is 6.10. The molecule has 1 fully saturated rings. The van der Waals surface area contributed by atoms with Crippen LogP contribution in [0.25, 0.3) is 0 Å². The first-order valence-corrected chi connectivity index (χ1v) is 7.74. The summed E-state index contributed by atoms with van der Waals surface area (Å²) >= 11 is 0. The molecule has 0 heterocycles. The summed E-state index contributed by atoms with van der Waals surface area (Å²) < 4.78 is 19.4. The second-order valence-corrected chi connectivity index (χ2v) is 6.10. The van der Waals surface area contributed by atoms with Crippen LogP contribution < -0.4 is 4.74 Å². The third-order valence-corrected chi connectivity index (χ3v) is 4.20. The number of carbonyl (C=O) groups is 1. The van der Waals surface area contributed by atoms with E-state index < -0.39 is 11.8 Å². The highest BCUT2D eigenvalue weighted by Crippen LogP contribution is 2.40. The number of hydrogen-bond donors (Lipinski definition) is 1. The minimum atomic E-state index is -0.546. The first kappa shape index (κ1) is 15.5. The molecule has 0 atom stereocenters. The Bertz CT molecular complexity index is 746. The van der Waals surface area contributed by atoms with Crippen LogP contribution >= 0.6 is 0 Å². The molecule has 0 aliphatic heterocycles. The summed E-state index contributed by atoms with van der Waals surface area (Å²) in [4.78, 5) is 11.0. The zero-order valence-electron chi connectivity index (χ0n) is 13.2. The molecule has 0 radical (unpaired) electrons. The number of benzene rings is 2. The number of phenolic OH excluding ortho intramolecular Hbond substituents is 1. The van der Waals surface area contributed by atoms with Crippen LogP contribution in [-0.2, 0) is 11.2 Å². The van der Waals surface area contributed by atoms with Gasteiger partial charge in [-0.1, -0.05) is 24.3 Å². The van der Waals surface area contributed by atoms with E-state index in [0.29, 0.717) is 12.3 Å². The normalized spacial score (nSPS) is 13.9. The van der Waals surface area contributed by atoms with Gasteiger partial charge in [0.15, 0.2) is 0 Å². The van der Waals surface area contributed by atoms with Crippen LogP contribution in [0.2, 0.25) is 0 Å². The SMILES string of the molecule is CC(=O)Oc1cc(O)c(Cc2ccc(C3CC3)cc2)c(F)c1C. The molecule has 2 aromatic rings. The molecule has 1 saturated carbocycles. The van der Waals surface area contributed by atoms with Crippen molar-refractivity contribution in [2.24, 2.45) is 0 Å². The zero-order chi connectivity index (χ0) is 16.6. The lowest BCUT2D eigenvalue weighted by Crippen LogP contribution is -2.05. The number of ether oxygens (including phenoxy) is 1. The quantitative estimate of drug-likeness (QED) is 0.678. The van der Waals surface area contributed by atoms with Gasteiger partial charge in [0.05, 0.1) is 0 Å². The lowest BCUT2D eigenvalue weighted by molar-refractivity contribution is -0.131. The number of hydrogen-bond acceptors (Lipinski definition) is 3. The van der Waals surface area contributed by atoms with Gasteiger partial charge >= 0.3 is 5.97 Å². The molecule has 3 nitrogen and oxygen atoms in total. The van der Waals surface area contributed by atoms with E-state index in [9.17, 15) is 14.3 Å². The molecule has 0 unspecified atom stereocenters. The Balaban J connectivity index is 1.87. The summed E-state index contributed by atoms with van der Waals surface area (Å²) in [6.07, 6.45) is 2.78. The van der Waals surface area contributed by atoms with Crippen molar-refractivity contribution in [3.05, 3.63) is 58.4 Å². The van der Waals surface area contributed by atoms with Crippen LogP contribution in [0.3, 0.4) is 0 Å². The first-order chi connectivity index (χ1) is 11.0. The van der Waals surface area contributed by atoms with Crippen molar-refractivity contribution in [2.75, 3.05) is 0 Å². The Morgan fingerprint density at radius 1 is 1.30 bits per heavy atom. The second kappa shape index (κ2) is 6.03.